The van der Waals surface area contributed by atoms with E-state index >= 15 is 0 Å². The van der Waals surface area contributed by atoms with Crippen molar-refractivity contribution in [2.24, 2.45) is 0 Å². The van der Waals surface area contributed by atoms with Crippen molar-refractivity contribution in [2.45, 2.75) is 44.3 Å². The maximum Gasteiger partial charge on any atom is 0.147 e. The van der Waals surface area contributed by atoms with E-state index in [1.54, 1.807) is 0 Å². The van der Waals surface area contributed by atoms with Gasteiger partial charge in [0.15, 0.2) is 0 Å². The second-order valence-electron chi connectivity index (χ2n) is 3.17. The average Bonchev–Trinajstić information content (AvgIpc) is 2.46. The van der Waals surface area contributed by atoms with Gasteiger partial charge in [0.25, 0.3) is 0 Å². The van der Waals surface area contributed by atoms with E-state index in [1.807, 2.05) is 6.79 Å². The topological polar surface area (TPSA) is 35.5 Å². The van der Waals surface area contributed by atoms with Crippen molar-refractivity contribution in [3.63, 3.8) is 0 Å². The molecule has 3 heteroatoms. The SMILES string of the molecule is C1CCC2OCOC2CC1.C=O. The molecule has 0 spiro atoms. The minimum atomic E-state index is 0.433. The molecular weight excluding hydrogens is 156 g/mol. The molecule has 2 atom stereocenters. The van der Waals surface area contributed by atoms with Gasteiger partial charge in [0, 0.05) is 0 Å². The van der Waals surface area contributed by atoms with Crippen molar-refractivity contribution in [1.82, 2.24) is 0 Å². The van der Waals surface area contributed by atoms with E-state index in [-0.39, 0.29) is 0 Å². The smallest absolute Gasteiger partial charge is 0.147 e. The van der Waals surface area contributed by atoms with Crippen molar-refractivity contribution in [3.8, 4) is 0 Å². The monoisotopic (exact) mass is 172 g/mol. The third kappa shape index (κ3) is 2.29. The first-order valence-electron chi connectivity index (χ1n) is 4.49. The fourth-order valence-electron chi connectivity index (χ4n) is 1.83. The lowest BCUT2D eigenvalue weighted by atomic mass is 10.1. The summed E-state index contributed by atoms with van der Waals surface area (Å²) in [5.74, 6) is 0. The molecule has 0 bridgehead atoms. The molecule has 1 heterocycles. The zero-order valence-corrected chi connectivity index (χ0v) is 7.33. The Balaban J connectivity index is 0.000000336. The first kappa shape index (κ1) is 9.68. The van der Waals surface area contributed by atoms with E-state index < -0.39 is 0 Å². The zero-order chi connectivity index (χ0) is 8.81. The van der Waals surface area contributed by atoms with Crippen molar-refractivity contribution < 1.29 is 14.3 Å². The molecule has 0 aromatic heterocycles. The Morgan fingerprint density at radius 3 is 1.92 bits per heavy atom. The van der Waals surface area contributed by atoms with Gasteiger partial charge in [-0.15, -0.1) is 0 Å². The number of carbonyl (C=O) groups is 1. The first-order valence-corrected chi connectivity index (χ1v) is 4.49. The zero-order valence-electron chi connectivity index (χ0n) is 7.33. The van der Waals surface area contributed by atoms with E-state index in [9.17, 15) is 0 Å². The average molecular weight is 172 g/mol. The number of fused-ring (bicyclic) bond motifs is 1. The molecule has 1 saturated heterocycles. The van der Waals surface area contributed by atoms with Crippen LogP contribution in [0.15, 0.2) is 0 Å². The summed E-state index contributed by atoms with van der Waals surface area (Å²) in [6.45, 7) is 2.54. The Labute approximate surface area is 73.0 Å². The van der Waals surface area contributed by atoms with Crippen molar-refractivity contribution in [1.29, 1.82) is 0 Å². The van der Waals surface area contributed by atoms with Crippen LogP contribution in [0.3, 0.4) is 0 Å². The van der Waals surface area contributed by atoms with Crippen LogP contribution in [0.2, 0.25) is 0 Å². The van der Waals surface area contributed by atoms with Gasteiger partial charge in [-0.1, -0.05) is 19.3 Å². The minimum Gasteiger partial charge on any atom is -0.349 e. The molecule has 12 heavy (non-hydrogen) atoms. The van der Waals surface area contributed by atoms with Crippen LogP contribution in [-0.4, -0.2) is 25.8 Å². The van der Waals surface area contributed by atoms with Gasteiger partial charge in [0.1, 0.15) is 13.6 Å². The Kier molecular flexibility index (Phi) is 4.25. The fraction of sp³-hybridized carbons (Fsp3) is 0.889. The van der Waals surface area contributed by atoms with Gasteiger partial charge >= 0.3 is 0 Å². The highest BCUT2D eigenvalue weighted by atomic mass is 16.7. The summed E-state index contributed by atoms with van der Waals surface area (Å²) in [5, 5.41) is 0. The predicted molar refractivity (Wildman–Crippen MR) is 44.8 cm³/mol. The molecule has 0 radical (unpaired) electrons. The molecule has 1 aliphatic heterocycles. The molecule has 0 amide bonds. The van der Waals surface area contributed by atoms with Crippen LogP contribution in [-0.2, 0) is 14.3 Å². The molecule has 2 fully saturated rings. The summed E-state index contributed by atoms with van der Waals surface area (Å²) in [7, 11) is 0. The molecule has 3 nitrogen and oxygen atoms in total. The maximum atomic E-state index is 8.00. The summed E-state index contributed by atoms with van der Waals surface area (Å²) >= 11 is 0. The highest BCUT2D eigenvalue weighted by Crippen LogP contribution is 2.26. The third-order valence-corrected chi connectivity index (χ3v) is 2.46. The highest BCUT2D eigenvalue weighted by Gasteiger charge is 2.29. The normalized spacial score (nSPS) is 34.3. The van der Waals surface area contributed by atoms with Crippen LogP contribution >= 0.6 is 0 Å². The highest BCUT2D eigenvalue weighted by molar-refractivity contribution is 5.10. The fourth-order valence-corrected chi connectivity index (χ4v) is 1.83. The number of carbonyl (C=O) groups excluding carboxylic acids is 1. The second kappa shape index (κ2) is 5.27. The summed E-state index contributed by atoms with van der Waals surface area (Å²) in [5.41, 5.74) is 0. The molecule has 1 aliphatic carbocycles. The quantitative estimate of drug-likeness (QED) is 0.555. The Bertz CT molecular complexity index is 115. The van der Waals surface area contributed by atoms with Crippen LogP contribution < -0.4 is 0 Å². The van der Waals surface area contributed by atoms with Gasteiger partial charge in [-0.25, -0.2) is 0 Å². The van der Waals surface area contributed by atoms with Gasteiger partial charge < -0.3 is 14.3 Å². The molecule has 70 valence electrons. The Hall–Kier alpha value is -0.410. The molecular formula is C9H16O3. The van der Waals surface area contributed by atoms with Crippen LogP contribution in [0, 0.1) is 0 Å². The van der Waals surface area contributed by atoms with E-state index in [0.717, 1.165) is 0 Å². The summed E-state index contributed by atoms with van der Waals surface area (Å²) in [6.07, 6.45) is 7.30. The van der Waals surface area contributed by atoms with Crippen LogP contribution in [0.1, 0.15) is 32.1 Å². The lowest BCUT2D eigenvalue weighted by Gasteiger charge is -2.11. The number of hydrogen-bond donors (Lipinski definition) is 0. The number of rotatable bonds is 0. The van der Waals surface area contributed by atoms with Crippen molar-refractivity contribution in [3.05, 3.63) is 0 Å². The molecule has 2 aliphatic rings. The van der Waals surface area contributed by atoms with Crippen molar-refractivity contribution >= 4 is 6.79 Å². The number of hydrogen-bond acceptors (Lipinski definition) is 3. The van der Waals surface area contributed by atoms with Gasteiger partial charge in [0.05, 0.1) is 12.2 Å². The summed E-state index contributed by atoms with van der Waals surface area (Å²) in [4.78, 5) is 8.00. The molecule has 0 N–H and O–H groups in total. The second-order valence-corrected chi connectivity index (χ2v) is 3.17. The first-order chi connectivity index (χ1) is 5.97. The standard InChI is InChI=1S/C8H14O2.CH2O/c1-2-4-7-8(5-3-1)10-6-9-7;1-2/h7-8H,1-6H2;1H2. The molecule has 0 aromatic carbocycles. The van der Waals surface area contributed by atoms with Gasteiger partial charge in [-0.3, -0.25) is 0 Å². The van der Waals surface area contributed by atoms with Crippen LogP contribution in [0.4, 0.5) is 0 Å². The predicted octanol–water partition coefficient (Wildman–Crippen LogP) is 1.51. The Morgan fingerprint density at radius 2 is 1.42 bits per heavy atom. The molecule has 1 saturated carbocycles. The number of ether oxygens (including phenoxy) is 2. The largest absolute Gasteiger partial charge is 0.349 e. The summed E-state index contributed by atoms with van der Waals surface area (Å²) < 4.78 is 10.8. The summed E-state index contributed by atoms with van der Waals surface area (Å²) in [6, 6.07) is 0. The van der Waals surface area contributed by atoms with E-state index in [1.165, 1.54) is 32.1 Å². The molecule has 0 aromatic rings. The lowest BCUT2D eigenvalue weighted by molar-refractivity contribution is -0.0979. The van der Waals surface area contributed by atoms with Gasteiger partial charge in [-0.05, 0) is 12.8 Å². The molecule has 2 rings (SSSR count). The van der Waals surface area contributed by atoms with Crippen LogP contribution in [0.25, 0.3) is 0 Å². The van der Waals surface area contributed by atoms with E-state index in [0.29, 0.717) is 19.0 Å². The van der Waals surface area contributed by atoms with Gasteiger partial charge in [-0.2, -0.15) is 0 Å². The van der Waals surface area contributed by atoms with Crippen LogP contribution in [0.5, 0.6) is 0 Å². The van der Waals surface area contributed by atoms with E-state index in [2.05, 4.69) is 0 Å². The van der Waals surface area contributed by atoms with Crippen molar-refractivity contribution in [2.75, 3.05) is 6.79 Å². The molecule has 2 unspecified atom stereocenters. The minimum absolute atomic E-state index is 0.433. The maximum absolute atomic E-state index is 8.00. The van der Waals surface area contributed by atoms with E-state index in [4.69, 9.17) is 14.3 Å². The third-order valence-electron chi connectivity index (χ3n) is 2.46. The lowest BCUT2D eigenvalue weighted by Crippen LogP contribution is -2.20. The Morgan fingerprint density at radius 1 is 0.917 bits per heavy atom. The van der Waals surface area contributed by atoms with Gasteiger partial charge in [0.2, 0.25) is 0 Å².